The van der Waals surface area contributed by atoms with Gasteiger partial charge in [0.25, 0.3) is 0 Å². The zero-order valence-electron chi connectivity index (χ0n) is 14.6. The van der Waals surface area contributed by atoms with Crippen molar-refractivity contribution in [3.8, 4) is 22.8 Å². The fourth-order valence-corrected chi connectivity index (χ4v) is 2.57. The summed E-state index contributed by atoms with van der Waals surface area (Å²) in [6.07, 6.45) is 7.11. The van der Waals surface area contributed by atoms with Gasteiger partial charge in [-0.3, -0.25) is 0 Å². The van der Waals surface area contributed by atoms with E-state index in [0.29, 0.717) is 17.5 Å². The molecule has 0 fully saturated rings. The highest BCUT2D eigenvalue weighted by Gasteiger charge is 2.11. The lowest BCUT2D eigenvalue weighted by atomic mass is 10.1. The van der Waals surface area contributed by atoms with Crippen molar-refractivity contribution < 1.29 is 0 Å². The summed E-state index contributed by atoms with van der Waals surface area (Å²) in [5, 5.41) is 0. The second kappa shape index (κ2) is 8.15. The highest BCUT2D eigenvalue weighted by atomic mass is 15.0. The number of hydrogen-bond donors (Lipinski definition) is 0. The van der Waals surface area contributed by atoms with Gasteiger partial charge in [-0.2, -0.15) is 0 Å². The lowest BCUT2D eigenvalue weighted by Gasteiger charge is -2.08. The van der Waals surface area contributed by atoms with Crippen molar-refractivity contribution in [1.29, 1.82) is 0 Å². The predicted molar refractivity (Wildman–Crippen MR) is 104 cm³/mol. The third kappa shape index (κ3) is 4.07. The molecule has 0 spiro atoms. The minimum absolute atomic E-state index is 0.691. The van der Waals surface area contributed by atoms with Crippen molar-refractivity contribution >= 4 is 5.57 Å². The van der Waals surface area contributed by atoms with Crippen LogP contribution in [0.4, 0.5) is 0 Å². The van der Waals surface area contributed by atoms with Gasteiger partial charge in [-0.25, -0.2) is 15.0 Å². The van der Waals surface area contributed by atoms with Gasteiger partial charge in [0, 0.05) is 16.7 Å². The summed E-state index contributed by atoms with van der Waals surface area (Å²) in [5.41, 5.74) is 2.99. The molecule has 0 saturated heterocycles. The van der Waals surface area contributed by atoms with Crippen LogP contribution in [0.2, 0.25) is 0 Å². The number of aromatic nitrogens is 3. The molecular formula is C22H21N3. The minimum Gasteiger partial charge on any atom is -0.208 e. The Bertz CT molecular complexity index is 824. The summed E-state index contributed by atoms with van der Waals surface area (Å²) < 4.78 is 0. The van der Waals surface area contributed by atoms with Crippen LogP contribution in [0.1, 0.15) is 26.1 Å². The topological polar surface area (TPSA) is 38.7 Å². The third-order valence-corrected chi connectivity index (χ3v) is 3.73. The maximum Gasteiger partial charge on any atom is 0.164 e. The zero-order chi connectivity index (χ0) is 17.5. The van der Waals surface area contributed by atoms with E-state index >= 15 is 0 Å². The molecule has 3 heteroatoms. The summed E-state index contributed by atoms with van der Waals surface area (Å²) in [7, 11) is 0. The first-order valence-electron chi connectivity index (χ1n) is 8.52. The monoisotopic (exact) mass is 327 g/mol. The van der Waals surface area contributed by atoms with E-state index in [2.05, 4.69) is 13.0 Å². The molecule has 0 aliphatic heterocycles. The fourth-order valence-electron chi connectivity index (χ4n) is 2.57. The number of allylic oxidation sites excluding steroid dienone is 4. The van der Waals surface area contributed by atoms with Crippen LogP contribution < -0.4 is 0 Å². The Labute approximate surface area is 148 Å². The summed E-state index contributed by atoms with van der Waals surface area (Å²) >= 11 is 0. The van der Waals surface area contributed by atoms with Crippen molar-refractivity contribution in [3.05, 3.63) is 84.7 Å². The van der Waals surface area contributed by atoms with E-state index in [4.69, 9.17) is 15.0 Å². The van der Waals surface area contributed by atoms with Crippen molar-refractivity contribution in [2.45, 2.75) is 20.3 Å². The van der Waals surface area contributed by atoms with E-state index in [1.54, 1.807) is 0 Å². The van der Waals surface area contributed by atoms with E-state index in [1.165, 1.54) is 0 Å². The van der Waals surface area contributed by atoms with Crippen LogP contribution in [0.5, 0.6) is 0 Å². The van der Waals surface area contributed by atoms with E-state index in [9.17, 15) is 0 Å². The van der Waals surface area contributed by atoms with Gasteiger partial charge in [0.2, 0.25) is 0 Å². The van der Waals surface area contributed by atoms with E-state index in [0.717, 1.165) is 23.1 Å². The molecule has 0 N–H and O–H groups in total. The Kier molecular flexibility index (Phi) is 5.47. The van der Waals surface area contributed by atoms with Crippen LogP contribution in [-0.2, 0) is 0 Å². The minimum atomic E-state index is 0.691. The summed E-state index contributed by atoms with van der Waals surface area (Å²) in [6, 6.07) is 20.0. The third-order valence-electron chi connectivity index (χ3n) is 3.73. The first-order chi connectivity index (χ1) is 12.3. The van der Waals surface area contributed by atoms with Crippen molar-refractivity contribution in [3.63, 3.8) is 0 Å². The lowest BCUT2D eigenvalue weighted by Crippen LogP contribution is -2.02. The first kappa shape index (κ1) is 16.8. The normalized spacial score (nSPS) is 11.8. The molecular weight excluding hydrogens is 306 g/mol. The summed E-state index contributed by atoms with van der Waals surface area (Å²) in [4.78, 5) is 14.2. The quantitative estimate of drug-likeness (QED) is 0.575. The van der Waals surface area contributed by atoms with Gasteiger partial charge in [-0.05, 0) is 13.3 Å². The second-order valence-electron chi connectivity index (χ2n) is 5.61. The Balaban J connectivity index is 2.20. The molecule has 1 heterocycles. The summed E-state index contributed by atoms with van der Waals surface area (Å²) in [5.74, 6) is 2.08. The smallest absolute Gasteiger partial charge is 0.164 e. The molecule has 1 aromatic heterocycles. The van der Waals surface area contributed by atoms with Crippen LogP contribution >= 0.6 is 0 Å². The molecule has 0 aliphatic rings. The Morgan fingerprint density at radius 3 is 1.76 bits per heavy atom. The second-order valence-corrected chi connectivity index (χ2v) is 5.61. The maximum absolute atomic E-state index is 4.72. The van der Waals surface area contributed by atoms with Gasteiger partial charge in [-0.1, -0.05) is 85.8 Å². The largest absolute Gasteiger partial charge is 0.208 e. The highest BCUT2D eigenvalue weighted by molar-refractivity contribution is 5.72. The van der Waals surface area contributed by atoms with E-state index < -0.39 is 0 Å². The van der Waals surface area contributed by atoms with Crippen molar-refractivity contribution in [1.82, 2.24) is 15.0 Å². The number of nitrogens with zero attached hydrogens (tertiary/aromatic N) is 3. The SMILES string of the molecule is C/C=C\C(=C/CC)c1nc(-c2ccccc2)nc(-c2ccccc2)n1. The van der Waals surface area contributed by atoms with Gasteiger partial charge in [0.1, 0.15) is 0 Å². The number of rotatable bonds is 5. The number of hydrogen-bond acceptors (Lipinski definition) is 3. The Morgan fingerprint density at radius 1 is 0.800 bits per heavy atom. The van der Waals surface area contributed by atoms with Gasteiger partial charge >= 0.3 is 0 Å². The molecule has 3 nitrogen and oxygen atoms in total. The standard InChI is InChI=1S/C22H21N3/c1-3-11-17(12-4-2)20-23-21(18-13-7-5-8-14-18)25-22(24-20)19-15-9-6-10-16-19/h3,5-16H,4H2,1-2H3/b11-3-,17-12+. The van der Waals surface area contributed by atoms with Crippen LogP contribution in [0.15, 0.2) is 78.9 Å². The molecule has 0 bridgehead atoms. The molecule has 0 saturated carbocycles. The molecule has 25 heavy (non-hydrogen) atoms. The van der Waals surface area contributed by atoms with Gasteiger partial charge in [0.15, 0.2) is 17.5 Å². The molecule has 0 amide bonds. The molecule has 0 aliphatic carbocycles. The molecule has 0 unspecified atom stereocenters. The van der Waals surface area contributed by atoms with Gasteiger partial charge in [0.05, 0.1) is 0 Å². The van der Waals surface area contributed by atoms with Crippen LogP contribution in [-0.4, -0.2) is 15.0 Å². The van der Waals surface area contributed by atoms with Crippen LogP contribution in [0.25, 0.3) is 28.3 Å². The lowest BCUT2D eigenvalue weighted by molar-refractivity contribution is 1.03. The predicted octanol–water partition coefficient (Wildman–Crippen LogP) is 5.58. The van der Waals surface area contributed by atoms with Crippen molar-refractivity contribution in [2.75, 3.05) is 0 Å². The molecule has 0 atom stereocenters. The van der Waals surface area contributed by atoms with Crippen LogP contribution in [0, 0.1) is 0 Å². The van der Waals surface area contributed by atoms with Crippen LogP contribution in [0.3, 0.4) is 0 Å². The van der Waals surface area contributed by atoms with E-state index in [-0.39, 0.29) is 0 Å². The van der Waals surface area contributed by atoms with E-state index in [1.807, 2.05) is 79.7 Å². The van der Waals surface area contributed by atoms with Gasteiger partial charge < -0.3 is 0 Å². The fraction of sp³-hybridized carbons (Fsp3) is 0.136. The summed E-state index contributed by atoms with van der Waals surface area (Å²) in [6.45, 7) is 4.11. The average molecular weight is 327 g/mol. The molecule has 3 aromatic rings. The average Bonchev–Trinajstić information content (AvgIpc) is 2.69. The molecule has 124 valence electrons. The Morgan fingerprint density at radius 2 is 1.32 bits per heavy atom. The maximum atomic E-state index is 4.72. The Hall–Kier alpha value is -3.07. The zero-order valence-corrected chi connectivity index (χ0v) is 14.6. The first-order valence-corrected chi connectivity index (χ1v) is 8.52. The van der Waals surface area contributed by atoms with Crippen molar-refractivity contribution in [2.24, 2.45) is 0 Å². The van der Waals surface area contributed by atoms with Gasteiger partial charge in [-0.15, -0.1) is 0 Å². The number of benzene rings is 2. The highest BCUT2D eigenvalue weighted by Crippen LogP contribution is 2.23. The molecule has 3 rings (SSSR count). The molecule has 2 aromatic carbocycles. The molecule has 0 radical (unpaired) electrons.